The molecule has 3 rings (SSSR count). The van der Waals surface area contributed by atoms with Crippen molar-refractivity contribution in [2.75, 3.05) is 6.61 Å². The molecule has 0 saturated carbocycles. The van der Waals surface area contributed by atoms with E-state index in [4.69, 9.17) is 11.2 Å². The average molecular weight is 478 g/mol. The summed E-state index contributed by atoms with van der Waals surface area (Å²) in [5.74, 6) is 2.44. The van der Waals surface area contributed by atoms with Crippen molar-refractivity contribution in [1.82, 2.24) is 0 Å². The zero-order chi connectivity index (χ0) is 24.0. The van der Waals surface area contributed by atoms with Gasteiger partial charge >= 0.3 is 0 Å². The Morgan fingerprint density at radius 3 is 1.82 bits per heavy atom. The SMILES string of the molecule is C#CCOc1ccc(C(=O)c2ccc(Sc3ccc(C(=O)C(C)(C)S(=O)[O-])cc3)cc2)cc1. The second kappa shape index (κ2) is 10.6. The van der Waals surface area contributed by atoms with E-state index < -0.39 is 21.6 Å². The molecule has 1 atom stereocenters. The van der Waals surface area contributed by atoms with Crippen LogP contribution in [-0.4, -0.2) is 31.7 Å². The van der Waals surface area contributed by atoms with Gasteiger partial charge in [-0.15, -0.1) is 6.42 Å². The second-order valence-corrected chi connectivity index (χ2v) is 10.2. The van der Waals surface area contributed by atoms with Crippen LogP contribution in [-0.2, 0) is 11.1 Å². The van der Waals surface area contributed by atoms with Crippen LogP contribution in [0, 0.1) is 12.3 Å². The van der Waals surface area contributed by atoms with Gasteiger partial charge in [-0.05, 0) is 85.6 Å². The molecule has 33 heavy (non-hydrogen) atoms. The number of hydrogen-bond donors (Lipinski definition) is 0. The lowest BCUT2D eigenvalue weighted by Crippen LogP contribution is -2.36. The molecule has 0 N–H and O–H groups in total. The molecule has 7 heteroatoms. The number of ketones is 2. The van der Waals surface area contributed by atoms with Crippen molar-refractivity contribution in [3.05, 3.63) is 89.5 Å². The van der Waals surface area contributed by atoms with Crippen LogP contribution in [0.2, 0.25) is 0 Å². The Morgan fingerprint density at radius 1 is 0.909 bits per heavy atom. The minimum absolute atomic E-state index is 0.101. The molecular formula is C26H21O5S2-. The zero-order valence-electron chi connectivity index (χ0n) is 18.1. The average Bonchev–Trinajstić information content (AvgIpc) is 2.83. The number of terminal acetylenes is 1. The van der Waals surface area contributed by atoms with Gasteiger partial charge in [0.25, 0.3) is 0 Å². The van der Waals surface area contributed by atoms with Crippen LogP contribution in [0.1, 0.15) is 40.1 Å². The molecule has 0 amide bonds. The number of hydrogen-bond acceptors (Lipinski definition) is 6. The van der Waals surface area contributed by atoms with Gasteiger partial charge in [0.05, 0.1) is 4.75 Å². The first-order valence-corrected chi connectivity index (χ1v) is 11.8. The van der Waals surface area contributed by atoms with Gasteiger partial charge in [-0.1, -0.05) is 29.8 Å². The van der Waals surface area contributed by atoms with E-state index in [2.05, 4.69) is 5.92 Å². The molecule has 0 aliphatic rings. The molecule has 0 aromatic heterocycles. The summed E-state index contributed by atoms with van der Waals surface area (Å²) in [6.07, 6.45) is 5.17. The van der Waals surface area contributed by atoms with E-state index >= 15 is 0 Å². The highest BCUT2D eigenvalue weighted by atomic mass is 32.2. The number of carbonyl (C=O) groups excluding carboxylic acids is 2. The summed E-state index contributed by atoms with van der Waals surface area (Å²) in [6.45, 7) is 2.93. The Bertz CT molecular complexity index is 1210. The fourth-order valence-corrected chi connectivity index (χ4v) is 3.99. The third-order valence-electron chi connectivity index (χ3n) is 4.87. The molecule has 0 aliphatic heterocycles. The van der Waals surface area contributed by atoms with Crippen molar-refractivity contribution >= 4 is 34.4 Å². The first-order chi connectivity index (χ1) is 15.7. The van der Waals surface area contributed by atoms with Crippen molar-refractivity contribution in [1.29, 1.82) is 0 Å². The summed E-state index contributed by atoms with van der Waals surface area (Å²) in [5, 5.41) is 0. The maximum absolute atomic E-state index is 12.7. The smallest absolute Gasteiger partial charge is 0.193 e. The van der Waals surface area contributed by atoms with Crippen LogP contribution in [0.3, 0.4) is 0 Å². The zero-order valence-corrected chi connectivity index (χ0v) is 19.7. The first-order valence-electron chi connectivity index (χ1n) is 9.95. The Balaban J connectivity index is 1.66. The fraction of sp³-hybridized carbons (Fsp3) is 0.154. The molecule has 5 nitrogen and oxygen atoms in total. The molecule has 0 fully saturated rings. The van der Waals surface area contributed by atoms with Gasteiger partial charge in [-0.2, -0.15) is 0 Å². The summed E-state index contributed by atoms with van der Waals surface area (Å²) in [7, 11) is 0. The molecule has 0 radical (unpaired) electrons. The lowest BCUT2D eigenvalue weighted by molar-refractivity contribution is 0.0952. The lowest BCUT2D eigenvalue weighted by Gasteiger charge is -2.25. The second-order valence-electron chi connectivity index (χ2n) is 7.57. The normalized spacial score (nSPS) is 11.9. The highest BCUT2D eigenvalue weighted by molar-refractivity contribution is 7.99. The number of rotatable bonds is 9. The molecule has 3 aromatic rings. The third kappa shape index (κ3) is 5.99. The van der Waals surface area contributed by atoms with Gasteiger partial charge in [0, 0.05) is 26.5 Å². The maximum atomic E-state index is 12.7. The van der Waals surface area contributed by atoms with Gasteiger partial charge < -0.3 is 9.29 Å². The monoisotopic (exact) mass is 477 g/mol. The summed E-state index contributed by atoms with van der Waals surface area (Å²) < 4.78 is 26.4. The van der Waals surface area contributed by atoms with Crippen molar-refractivity contribution in [2.45, 2.75) is 28.4 Å². The first kappa shape index (κ1) is 24.5. The summed E-state index contributed by atoms with van der Waals surface area (Å²) >= 11 is -1.04. The van der Waals surface area contributed by atoms with Crippen LogP contribution in [0.25, 0.3) is 0 Å². The molecule has 168 valence electrons. The standard InChI is InChI=1S/C26H22O5S2/c1-4-17-31-21-11-5-18(6-12-21)24(27)19-7-13-22(14-8-19)32-23-15-9-20(10-16-23)25(28)26(2,3)33(29)30/h1,5-16H,17H2,2-3H3,(H,29,30)/p-1. The van der Waals surface area contributed by atoms with E-state index in [1.807, 2.05) is 12.1 Å². The van der Waals surface area contributed by atoms with E-state index in [0.717, 1.165) is 9.79 Å². The van der Waals surface area contributed by atoms with Gasteiger partial charge in [-0.3, -0.25) is 13.8 Å². The maximum Gasteiger partial charge on any atom is 0.193 e. The fourth-order valence-electron chi connectivity index (χ4n) is 2.90. The van der Waals surface area contributed by atoms with E-state index in [-0.39, 0.29) is 12.4 Å². The molecule has 1 unspecified atom stereocenters. The van der Waals surface area contributed by atoms with Crippen LogP contribution < -0.4 is 4.74 Å². The predicted molar refractivity (Wildman–Crippen MR) is 129 cm³/mol. The lowest BCUT2D eigenvalue weighted by atomic mass is 10.0. The summed E-state index contributed by atoms with van der Waals surface area (Å²) in [5.41, 5.74) is 1.45. The summed E-state index contributed by atoms with van der Waals surface area (Å²) in [6, 6.07) is 20.8. The van der Waals surface area contributed by atoms with E-state index in [9.17, 15) is 18.4 Å². The van der Waals surface area contributed by atoms with Gasteiger partial charge in [0.2, 0.25) is 0 Å². The van der Waals surface area contributed by atoms with Crippen molar-refractivity contribution in [2.24, 2.45) is 0 Å². The molecule has 3 aromatic carbocycles. The quantitative estimate of drug-likeness (QED) is 0.247. The van der Waals surface area contributed by atoms with Gasteiger partial charge in [0.15, 0.2) is 11.6 Å². The van der Waals surface area contributed by atoms with Crippen molar-refractivity contribution in [3.8, 4) is 18.1 Å². The Morgan fingerprint density at radius 2 is 1.36 bits per heavy atom. The van der Waals surface area contributed by atoms with Crippen LogP contribution >= 0.6 is 11.8 Å². The van der Waals surface area contributed by atoms with Crippen LogP contribution in [0.4, 0.5) is 0 Å². The van der Waals surface area contributed by atoms with Crippen LogP contribution in [0.15, 0.2) is 82.6 Å². The molecule has 0 aliphatic carbocycles. The largest absolute Gasteiger partial charge is 0.772 e. The van der Waals surface area contributed by atoms with E-state index in [1.165, 1.54) is 25.6 Å². The van der Waals surface area contributed by atoms with E-state index in [1.54, 1.807) is 60.7 Å². The topological polar surface area (TPSA) is 83.5 Å². The number of Topliss-reactive ketones (excluding diaryl/α,β-unsaturated/α-hetero) is 1. The molecule has 0 spiro atoms. The minimum atomic E-state index is -2.51. The Labute approximate surface area is 199 Å². The van der Waals surface area contributed by atoms with Gasteiger partial charge in [-0.25, -0.2) is 0 Å². The minimum Gasteiger partial charge on any atom is -0.772 e. The molecular weight excluding hydrogens is 456 g/mol. The van der Waals surface area contributed by atoms with Crippen molar-refractivity contribution in [3.63, 3.8) is 0 Å². The predicted octanol–water partition coefficient (Wildman–Crippen LogP) is 4.92. The Kier molecular flexibility index (Phi) is 7.88. The molecule has 0 bridgehead atoms. The summed E-state index contributed by atoms with van der Waals surface area (Å²) in [4.78, 5) is 26.9. The Hall–Kier alpha value is -3.18. The highest BCUT2D eigenvalue weighted by Gasteiger charge is 2.29. The van der Waals surface area contributed by atoms with E-state index in [0.29, 0.717) is 22.4 Å². The number of ether oxygens (including phenoxy) is 1. The number of carbonyl (C=O) groups is 2. The number of benzene rings is 3. The molecule has 0 heterocycles. The van der Waals surface area contributed by atoms with Gasteiger partial charge in [0.1, 0.15) is 12.4 Å². The third-order valence-corrected chi connectivity index (χ3v) is 6.91. The molecule has 0 saturated heterocycles. The highest BCUT2D eigenvalue weighted by Crippen LogP contribution is 2.29. The van der Waals surface area contributed by atoms with Crippen LogP contribution in [0.5, 0.6) is 5.75 Å². The van der Waals surface area contributed by atoms with Crippen molar-refractivity contribution < 1.29 is 23.1 Å².